The number of urea groups is 1. The second-order valence-electron chi connectivity index (χ2n) is 24.9. The quantitative estimate of drug-likeness (QED) is 0.192. The van der Waals surface area contributed by atoms with Crippen molar-refractivity contribution in [3.05, 3.63) is 59.7 Å². The maximum atomic E-state index is 13.3. The van der Waals surface area contributed by atoms with Crippen LogP contribution in [0, 0.1) is 47.3 Å². The zero-order valence-corrected chi connectivity index (χ0v) is 45.5. The Hall–Kier alpha value is -2.81. The third kappa shape index (κ3) is 11.1. The summed E-state index contributed by atoms with van der Waals surface area (Å²) in [6, 6.07) is 17.6. The summed E-state index contributed by atoms with van der Waals surface area (Å²) in [5.41, 5.74) is 9.68. The second-order valence-corrected chi connectivity index (χ2v) is 24.9. The molecule has 4 N–H and O–H groups in total. The predicted molar refractivity (Wildman–Crippen MR) is 288 cm³/mol. The van der Waals surface area contributed by atoms with Crippen LogP contribution in [0.3, 0.4) is 0 Å². The molecule has 2 saturated heterocycles. The van der Waals surface area contributed by atoms with Crippen molar-refractivity contribution in [2.45, 2.75) is 166 Å². The van der Waals surface area contributed by atoms with Crippen LogP contribution >= 0.6 is 35.0 Å². The van der Waals surface area contributed by atoms with Gasteiger partial charge in [0.25, 0.3) is 0 Å². The van der Waals surface area contributed by atoms with E-state index in [9.17, 15) is 14.4 Å². The number of fused-ring (bicyclic) bond motifs is 4. The summed E-state index contributed by atoms with van der Waals surface area (Å²) < 4.78 is 17.5. The third-order valence-electron chi connectivity index (χ3n) is 18.1. The molecule has 0 atom stereocenters. The van der Waals surface area contributed by atoms with Gasteiger partial charge in [-0.15, -0.1) is 12.4 Å². The molecule has 0 radical (unpaired) electrons. The van der Waals surface area contributed by atoms with E-state index in [0.717, 1.165) is 105 Å². The fourth-order valence-electron chi connectivity index (χ4n) is 15.5. The average Bonchev–Trinajstić information content (AvgIpc) is 3.79. The van der Waals surface area contributed by atoms with Crippen molar-refractivity contribution in [1.82, 2.24) is 15.5 Å². The summed E-state index contributed by atoms with van der Waals surface area (Å²) in [4.78, 5) is 45.0. The molecular formula is C56H84ClIN6O5. The van der Waals surface area contributed by atoms with E-state index >= 15 is 0 Å². The first-order valence-electron chi connectivity index (χ1n) is 27.1. The Morgan fingerprint density at radius 1 is 0.652 bits per heavy atom. The van der Waals surface area contributed by atoms with Crippen molar-refractivity contribution in [3.8, 4) is 0 Å². The van der Waals surface area contributed by atoms with Crippen LogP contribution < -0.4 is 26.2 Å². The Morgan fingerprint density at radius 2 is 1.03 bits per heavy atom. The molecule has 4 amide bonds. The van der Waals surface area contributed by atoms with Gasteiger partial charge in [-0.05, 0) is 220 Å². The molecule has 8 bridgehead atoms. The molecule has 8 saturated carbocycles. The van der Waals surface area contributed by atoms with Crippen molar-refractivity contribution in [2.75, 3.05) is 54.0 Å². The number of nitrogens with zero attached hydrogens (tertiary/aromatic N) is 3. The molecule has 382 valence electrons. The molecule has 2 aromatic carbocycles. The van der Waals surface area contributed by atoms with Crippen LogP contribution in [0.2, 0.25) is 0 Å². The fourth-order valence-corrected chi connectivity index (χ4v) is 15.5. The maximum absolute atomic E-state index is 13.3. The zero-order valence-electron chi connectivity index (χ0n) is 43.5. The lowest BCUT2D eigenvalue weighted by molar-refractivity contribution is -0.0115. The molecular weight excluding hydrogens is 999 g/mol. The van der Waals surface area contributed by atoms with E-state index < -0.39 is 11.2 Å². The van der Waals surface area contributed by atoms with Crippen molar-refractivity contribution >= 4 is 64.6 Å². The number of ether oxygens (including phenoxy) is 2. The van der Waals surface area contributed by atoms with Gasteiger partial charge >= 0.3 is 18.2 Å². The van der Waals surface area contributed by atoms with Gasteiger partial charge in [0.2, 0.25) is 0 Å². The molecule has 10 fully saturated rings. The second kappa shape index (κ2) is 21.0. The zero-order chi connectivity index (χ0) is 48.9. The number of nitrogens with two attached hydrogens (primary N) is 1. The molecule has 4 heterocycles. The Bertz CT molecular complexity index is 2100. The lowest BCUT2D eigenvalue weighted by atomic mass is 9.54. The number of anilines is 2. The van der Waals surface area contributed by atoms with Crippen LogP contribution in [0.5, 0.6) is 0 Å². The first-order chi connectivity index (χ1) is 32.9. The highest BCUT2D eigenvalue weighted by Gasteiger charge is 2.52. The Labute approximate surface area is 435 Å². The van der Waals surface area contributed by atoms with Gasteiger partial charge in [-0.25, -0.2) is 14.4 Å². The number of benzene rings is 2. The smallest absolute Gasteiger partial charge is 0.414 e. The number of nitrogens with one attached hydrogen (secondary N) is 2. The van der Waals surface area contributed by atoms with Gasteiger partial charge < -0.3 is 30.7 Å². The minimum atomic E-state index is -0.527. The molecule has 2 aromatic rings. The van der Waals surface area contributed by atoms with Crippen LogP contribution in [-0.2, 0) is 20.3 Å². The van der Waals surface area contributed by atoms with Crippen LogP contribution in [0.15, 0.2) is 48.5 Å². The topological polar surface area (TPSA) is 129 Å². The van der Waals surface area contributed by atoms with E-state index in [1.165, 1.54) is 68.9 Å². The van der Waals surface area contributed by atoms with Gasteiger partial charge in [0.05, 0.1) is 11.4 Å². The van der Waals surface area contributed by atoms with Gasteiger partial charge in [-0.2, -0.15) is 0 Å². The molecule has 8 aliphatic carbocycles. The number of hydrogen-bond acceptors (Lipinski definition) is 7. The van der Waals surface area contributed by atoms with Crippen molar-refractivity contribution in [2.24, 2.45) is 53.1 Å². The molecule has 11 nitrogen and oxygen atoms in total. The number of rotatable bonds is 1. The van der Waals surface area contributed by atoms with Crippen molar-refractivity contribution in [1.29, 1.82) is 0 Å². The number of carbonyl (C=O) groups is 3. The van der Waals surface area contributed by atoms with Crippen LogP contribution in [0.4, 0.5) is 25.8 Å². The van der Waals surface area contributed by atoms with E-state index in [4.69, 9.17) is 16.6 Å². The van der Waals surface area contributed by atoms with Crippen molar-refractivity contribution < 1.29 is 25.2 Å². The monoisotopic (exact) mass is 1080 g/mol. The highest BCUT2D eigenvalue weighted by atomic mass is 127. The number of alkyl halides is 1. The highest BCUT2D eigenvalue weighted by molar-refractivity contribution is 14.1. The van der Waals surface area contributed by atoms with Crippen LogP contribution in [0.25, 0.3) is 0 Å². The number of carbonyl (C=O) groups excluding carboxylic acids is 3. The first kappa shape index (κ1) is 51.1. The first-order valence-corrected chi connectivity index (χ1v) is 28.0. The van der Waals surface area contributed by atoms with Gasteiger partial charge in [-0.3, -0.25) is 9.80 Å². The summed E-state index contributed by atoms with van der Waals surface area (Å²) >= 11 is 1.96. The predicted octanol–water partition coefficient (Wildman–Crippen LogP) is 11.6. The molecule has 14 rings (SSSR count). The summed E-state index contributed by atoms with van der Waals surface area (Å²) in [5.74, 6) is 7.23. The molecule has 0 unspecified atom stereocenters. The van der Waals surface area contributed by atoms with E-state index in [-0.39, 0.29) is 41.5 Å². The molecule has 12 aliphatic rings. The Balaban J connectivity index is 0.000000154. The third-order valence-corrected chi connectivity index (χ3v) is 18.1. The largest absolute Gasteiger partial charge is 0.443 e. The number of hydrogen-bond donors (Lipinski definition) is 3. The van der Waals surface area contributed by atoms with E-state index in [0.29, 0.717) is 35.4 Å². The number of halogens is 2. The van der Waals surface area contributed by atoms with E-state index in [2.05, 4.69) is 34.9 Å². The number of amides is 4. The van der Waals surface area contributed by atoms with Crippen LogP contribution in [0.1, 0.15) is 144 Å². The standard InChI is InChI=1S/C28H39N3O3.C17H24N2O2.C10H17N.CH3I.ClH/c1-27(2,3)34-26(33)31-17-28(22-6-4-5-7-23(22)31)8-10-30(11-9-28)25(32)29-24-20-13-18-12-19(15-20)16-21(24)14-18;1-16(2,3)21-15(20)19-12-17(8-10-18-11-9-17)13-6-4-5-7-14(13)19;11-10-8-2-6-1-7(4-8)5-9(10)3-6;1-2;/h4-7,18-21,24H,8-17H2,1-3H3,(H,29,32);4-7,18H,8-12H2,1-3H3;6-10H,1-5,11H2;1H3;1H/i;;;1D;. The highest BCUT2D eigenvalue weighted by Crippen LogP contribution is 2.55. The van der Waals surface area contributed by atoms with Crippen molar-refractivity contribution in [3.63, 3.8) is 0 Å². The maximum Gasteiger partial charge on any atom is 0.414 e. The summed E-state index contributed by atoms with van der Waals surface area (Å²) in [5, 5.41) is 6.90. The molecule has 4 aliphatic heterocycles. The minimum absolute atomic E-state index is 0. The molecule has 13 heteroatoms. The molecule has 0 aromatic heterocycles. The van der Waals surface area contributed by atoms with E-state index in [1.807, 2.05) is 103 Å². The summed E-state index contributed by atoms with van der Waals surface area (Å²) in [6.45, 7) is 16.3. The molecule has 2 spiro atoms. The van der Waals surface area contributed by atoms with Gasteiger partial charge in [0.1, 0.15) is 11.2 Å². The normalized spacial score (nSPS) is 32.5. The fraction of sp³-hybridized carbons (Fsp3) is 0.732. The lowest BCUT2D eigenvalue weighted by Gasteiger charge is -2.54. The Kier molecular flexibility index (Phi) is 15.5. The number of piperidine rings is 2. The molecule has 69 heavy (non-hydrogen) atoms. The van der Waals surface area contributed by atoms with E-state index in [1.54, 1.807) is 6.42 Å². The average molecular weight is 1080 g/mol. The van der Waals surface area contributed by atoms with Gasteiger partial charge in [0, 0.05) is 50.5 Å². The number of likely N-dealkylation sites (tertiary alicyclic amines) is 1. The number of para-hydroxylation sites is 2. The minimum Gasteiger partial charge on any atom is -0.443 e. The lowest BCUT2D eigenvalue weighted by Crippen LogP contribution is -2.59. The summed E-state index contributed by atoms with van der Waals surface area (Å²) in [6.07, 6.45) is 17.5. The van der Waals surface area contributed by atoms with Crippen LogP contribution in [-0.4, -0.2) is 90.6 Å². The summed E-state index contributed by atoms with van der Waals surface area (Å²) in [7, 11) is 0. The van der Waals surface area contributed by atoms with Gasteiger partial charge in [-0.1, -0.05) is 59.0 Å². The Morgan fingerprint density at radius 3 is 1.43 bits per heavy atom. The SMILES string of the molecule is CC(C)(C)OC(=O)N1CC2(CCN(C(=O)NC3C4CC5CC(C4)CC3C5)CC2)c2ccccc21.CC(C)(C)OC(=O)N1CC2(CCNCC2)c2ccccc21.Cl.NC1C2CC3CC(C2)CC1C3.[2H]CI. The van der Waals surface area contributed by atoms with Gasteiger partial charge in [0.15, 0.2) is 0 Å².